The Kier molecular flexibility index (Phi) is 11.3. The van der Waals surface area contributed by atoms with E-state index in [9.17, 15) is 4.79 Å². The van der Waals surface area contributed by atoms with Gasteiger partial charge in [0.25, 0.3) is 0 Å². The maximum atomic E-state index is 13.7. The molecule has 0 atom stereocenters. The molecule has 0 heterocycles. The summed E-state index contributed by atoms with van der Waals surface area (Å²) in [5.41, 5.74) is 17.1. The molecule has 0 spiro atoms. The Labute approximate surface area is 374 Å². The number of ether oxygens (including phenoxy) is 2. The van der Waals surface area contributed by atoms with Crippen LogP contribution in [0.1, 0.15) is 0 Å². The summed E-state index contributed by atoms with van der Waals surface area (Å²) in [4.78, 5) is 13.7. The summed E-state index contributed by atoms with van der Waals surface area (Å²) in [5.74, 6) is 0.811. The minimum Gasteiger partial charge on any atom is -0.394 e. The molecule has 0 bridgehead atoms. The number of para-hydroxylation sites is 2. The molecule has 64 heavy (non-hydrogen) atoms. The lowest BCUT2D eigenvalue weighted by atomic mass is 9.87. The quantitative estimate of drug-likeness (QED) is 0.102. The highest BCUT2D eigenvalue weighted by Gasteiger charge is 2.19. The standard InChI is InChI=1S/C61H42O3/c62-61(63-57-33-15-13-27-51(57)47-35-39-49(40-36-47)59-53(43-19-5-1-6-20-43)29-17-30-54(59)44-21-7-2-8-22-44)64-58-34-16-14-28-52(58)48-37-41-50(42-38-48)60-55(45-23-9-3-10-24-45)31-18-32-56(60)46-25-11-4-12-26-46/h1-42H. The third-order valence-electron chi connectivity index (χ3n) is 11.6. The molecule has 0 radical (unpaired) electrons. The Balaban J connectivity index is 0.919. The molecule has 0 aliphatic heterocycles. The second kappa shape index (κ2) is 18.2. The first kappa shape index (κ1) is 39.6. The molecule has 3 nitrogen and oxygen atoms in total. The Morgan fingerprint density at radius 1 is 0.219 bits per heavy atom. The molecule has 0 unspecified atom stereocenters. The van der Waals surface area contributed by atoms with Gasteiger partial charge in [0, 0.05) is 11.1 Å². The Morgan fingerprint density at radius 2 is 0.453 bits per heavy atom. The SMILES string of the molecule is O=C(Oc1ccccc1-c1ccc(-c2c(-c3ccccc3)cccc2-c2ccccc2)cc1)Oc1ccccc1-c1ccc(-c2c(-c3ccccc3)cccc2-c2ccccc2)cc1. The molecule has 10 aromatic rings. The van der Waals surface area contributed by atoms with Crippen molar-refractivity contribution in [3.8, 4) is 101 Å². The van der Waals surface area contributed by atoms with E-state index >= 15 is 0 Å². The van der Waals surface area contributed by atoms with Gasteiger partial charge in [0.15, 0.2) is 0 Å². The fraction of sp³-hybridized carbons (Fsp3) is 0. The Hall–Kier alpha value is -8.53. The van der Waals surface area contributed by atoms with Gasteiger partial charge in [-0.25, -0.2) is 4.79 Å². The van der Waals surface area contributed by atoms with Gasteiger partial charge >= 0.3 is 6.16 Å². The number of carbonyl (C=O) groups is 1. The summed E-state index contributed by atoms with van der Waals surface area (Å²) in [5, 5.41) is 0. The number of hydrogen-bond donors (Lipinski definition) is 0. The van der Waals surface area contributed by atoms with E-state index in [1.165, 1.54) is 0 Å². The van der Waals surface area contributed by atoms with Crippen molar-refractivity contribution in [1.82, 2.24) is 0 Å². The summed E-state index contributed by atoms with van der Waals surface area (Å²) in [6, 6.07) is 86.9. The fourth-order valence-corrected chi connectivity index (χ4v) is 8.58. The molecular weight excluding hydrogens is 781 g/mol. The lowest BCUT2D eigenvalue weighted by Crippen LogP contribution is -2.14. The van der Waals surface area contributed by atoms with Crippen LogP contribution in [0, 0.1) is 0 Å². The lowest BCUT2D eigenvalue weighted by molar-refractivity contribution is 0.152. The Morgan fingerprint density at radius 3 is 0.766 bits per heavy atom. The van der Waals surface area contributed by atoms with E-state index in [2.05, 4.69) is 182 Å². The molecule has 10 aromatic carbocycles. The van der Waals surface area contributed by atoms with Gasteiger partial charge in [-0.05, 0) is 90.0 Å². The summed E-state index contributed by atoms with van der Waals surface area (Å²) >= 11 is 0. The van der Waals surface area contributed by atoms with Crippen molar-refractivity contribution in [2.75, 3.05) is 0 Å². The molecule has 0 aliphatic rings. The van der Waals surface area contributed by atoms with Crippen molar-refractivity contribution in [2.45, 2.75) is 0 Å². The topological polar surface area (TPSA) is 35.5 Å². The smallest absolute Gasteiger partial charge is 0.394 e. The highest BCUT2D eigenvalue weighted by molar-refractivity contribution is 5.96. The van der Waals surface area contributed by atoms with Crippen molar-refractivity contribution in [1.29, 1.82) is 0 Å². The summed E-state index contributed by atoms with van der Waals surface area (Å²) in [6.45, 7) is 0. The summed E-state index contributed by atoms with van der Waals surface area (Å²) in [7, 11) is 0. The number of rotatable bonds is 10. The van der Waals surface area contributed by atoms with Crippen LogP contribution in [0.2, 0.25) is 0 Å². The van der Waals surface area contributed by atoms with Crippen molar-refractivity contribution in [3.05, 3.63) is 255 Å². The molecule has 3 heteroatoms. The predicted molar refractivity (Wildman–Crippen MR) is 263 cm³/mol. The van der Waals surface area contributed by atoms with E-state index < -0.39 is 6.16 Å². The fourth-order valence-electron chi connectivity index (χ4n) is 8.58. The lowest BCUT2D eigenvalue weighted by Gasteiger charge is -2.17. The zero-order chi connectivity index (χ0) is 43.1. The van der Waals surface area contributed by atoms with Crippen LogP contribution in [0.4, 0.5) is 4.79 Å². The van der Waals surface area contributed by atoms with E-state index in [1.807, 2.05) is 60.7 Å². The van der Waals surface area contributed by atoms with Crippen molar-refractivity contribution in [3.63, 3.8) is 0 Å². The van der Waals surface area contributed by atoms with Crippen LogP contribution in [0.15, 0.2) is 255 Å². The van der Waals surface area contributed by atoms with E-state index in [0.717, 1.165) is 89.0 Å². The zero-order valence-electron chi connectivity index (χ0n) is 35.0. The first-order valence-corrected chi connectivity index (χ1v) is 21.4. The van der Waals surface area contributed by atoms with Gasteiger partial charge in [-0.1, -0.05) is 243 Å². The second-order valence-corrected chi connectivity index (χ2v) is 15.5. The average molecular weight is 823 g/mol. The van der Waals surface area contributed by atoms with Gasteiger partial charge in [-0.15, -0.1) is 0 Å². The van der Waals surface area contributed by atoms with Gasteiger partial charge in [0.1, 0.15) is 11.5 Å². The second-order valence-electron chi connectivity index (χ2n) is 15.5. The van der Waals surface area contributed by atoms with E-state index in [0.29, 0.717) is 11.5 Å². The molecule has 0 aromatic heterocycles. The van der Waals surface area contributed by atoms with E-state index in [-0.39, 0.29) is 0 Å². The van der Waals surface area contributed by atoms with Crippen LogP contribution in [-0.4, -0.2) is 6.16 Å². The van der Waals surface area contributed by atoms with Crippen LogP contribution in [0.5, 0.6) is 11.5 Å². The van der Waals surface area contributed by atoms with Crippen LogP contribution < -0.4 is 9.47 Å². The summed E-state index contributed by atoms with van der Waals surface area (Å²) < 4.78 is 12.0. The van der Waals surface area contributed by atoms with Crippen LogP contribution in [0.3, 0.4) is 0 Å². The number of carbonyl (C=O) groups excluding carboxylic acids is 1. The molecule has 0 saturated heterocycles. The largest absolute Gasteiger partial charge is 0.519 e. The minimum absolute atomic E-state index is 0.406. The first-order valence-electron chi connectivity index (χ1n) is 21.4. The first-order chi connectivity index (χ1) is 31.7. The van der Waals surface area contributed by atoms with Crippen LogP contribution in [0.25, 0.3) is 89.0 Å². The average Bonchev–Trinajstić information content (AvgIpc) is 3.37. The zero-order valence-corrected chi connectivity index (χ0v) is 35.0. The van der Waals surface area contributed by atoms with Gasteiger partial charge in [0.05, 0.1) is 0 Å². The van der Waals surface area contributed by atoms with Gasteiger partial charge < -0.3 is 9.47 Å². The molecule has 0 fully saturated rings. The van der Waals surface area contributed by atoms with E-state index in [4.69, 9.17) is 9.47 Å². The molecule has 304 valence electrons. The monoisotopic (exact) mass is 822 g/mol. The number of hydrogen-bond acceptors (Lipinski definition) is 3. The van der Waals surface area contributed by atoms with Crippen LogP contribution in [-0.2, 0) is 0 Å². The molecule has 0 amide bonds. The van der Waals surface area contributed by atoms with Gasteiger partial charge in [-0.2, -0.15) is 0 Å². The van der Waals surface area contributed by atoms with Crippen LogP contribution >= 0.6 is 0 Å². The predicted octanol–water partition coefficient (Wildman–Crippen LogP) is 16.6. The van der Waals surface area contributed by atoms with Crippen molar-refractivity contribution < 1.29 is 14.3 Å². The van der Waals surface area contributed by atoms with Crippen molar-refractivity contribution >= 4 is 6.16 Å². The van der Waals surface area contributed by atoms with Gasteiger partial charge in [-0.3, -0.25) is 0 Å². The third kappa shape index (κ3) is 8.26. The highest BCUT2D eigenvalue weighted by Crippen LogP contribution is 2.43. The van der Waals surface area contributed by atoms with E-state index in [1.54, 1.807) is 12.1 Å². The highest BCUT2D eigenvalue weighted by atomic mass is 16.7. The maximum absolute atomic E-state index is 13.7. The summed E-state index contributed by atoms with van der Waals surface area (Å²) in [6.07, 6.45) is -0.818. The molecule has 0 aliphatic carbocycles. The number of benzene rings is 10. The molecular formula is C61H42O3. The molecule has 0 N–H and O–H groups in total. The Bertz CT molecular complexity index is 2850. The third-order valence-corrected chi connectivity index (χ3v) is 11.6. The minimum atomic E-state index is -0.818. The normalized spacial score (nSPS) is 10.9. The molecule has 10 rings (SSSR count). The van der Waals surface area contributed by atoms with Crippen molar-refractivity contribution in [2.24, 2.45) is 0 Å². The molecule has 0 saturated carbocycles. The van der Waals surface area contributed by atoms with Gasteiger partial charge in [0.2, 0.25) is 0 Å². The maximum Gasteiger partial charge on any atom is 0.519 e.